The minimum atomic E-state index is -0.0269. The minimum Gasteiger partial charge on any atom is -0.348 e. The number of nitrogens with zero attached hydrogens (tertiary/aromatic N) is 4. The molecule has 1 fully saturated rings. The van der Waals surface area contributed by atoms with Crippen LogP contribution in [0.5, 0.6) is 0 Å². The predicted octanol–water partition coefficient (Wildman–Crippen LogP) is 2.04. The Morgan fingerprint density at radius 1 is 1.12 bits per heavy atom. The number of carbonyl (C=O) groups is 1. The van der Waals surface area contributed by atoms with Crippen LogP contribution >= 0.6 is 0 Å². The maximum Gasteiger partial charge on any atom is 0.272 e. The van der Waals surface area contributed by atoms with Crippen molar-refractivity contribution in [2.75, 3.05) is 38.5 Å². The van der Waals surface area contributed by atoms with Gasteiger partial charge in [0.15, 0.2) is 0 Å². The number of anilines is 1. The molecule has 1 aliphatic heterocycles. The fourth-order valence-electron chi connectivity index (χ4n) is 2.74. The molecule has 1 saturated heterocycles. The van der Waals surface area contributed by atoms with E-state index in [0.29, 0.717) is 11.6 Å². The molecular formula is C18H23N5O. The fourth-order valence-corrected chi connectivity index (χ4v) is 2.74. The van der Waals surface area contributed by atoms with Crippen molar-refractivity contribution < 1.29 is 4.79 Å². The van der Waals surface area contributed by atoms with Crippen molar-refractivity contribution in [2.45, 2.75) is 13.0 Å². The van der Waals surface area contributed by atoms with E-state index in [2.05, 4.69) is 39.4 Å². The zero-order chi connectivity index (χ0) is 16.9. The quantitative estimate of drug-likeness (QED) is 0.932. The third-order valence-corrected chi connectivity index (χ3v) is 4.31. The van der Waals surface area contributed by atoms with Crippen LogP contribution in [0.1, 0.15) is 29.0 Å². The van der Waals surface area contributed by atoms with Crippen LogP contribution in [0.3, 0.4) is 0 Å². The van der Waals surface area contributed by atoms with E-state index in [1.165, 1.54) is 0 Å². The summed E-state index contributed by atoms with van der Waals surface area (Å²) in [4.78, 5) is 25.3. The first-order valence-corrected chi connectivity index (χ1v) is 8.26. The van der Waals surface area contributed by atoms with E-state index in [-0.39, 0.29) is 11.9 Å². The maximum atomic E-state index is 12.6. The van der Waals surface area contributed by atoms with E-state index >= 15 is 0 Å². The molecule has 0 saturated carbocycles. The summed E-state index contributed by atoms with van der Waals surface area (Å²) in [5.41, 5.74) is 1.59. The number of nitrogens with one attached hydrogen (secondary N) is 1. The summed E-state index contributed by atoms with van der Waals surface area (Å²) in [6.45, 7) is 5.32. The Morgan fingerprint density at radius 3 is 2.54 bits per heavy atom. The molecule has 1 amide bonds. The second-order valence-electron chi connectivity index (χ2n) is 6.14. The summed E-state index contributed by atoms with van der Waals surface area (Å²) in [6.07, 6.45) is 1.64. The van der Waals surface area contributed by atoms with Gasteiger partial charge in [-0.05, 0) is 25.6 Å². The van der Waals surface area contributed by atoms with Crippen molar-refractivity contribution in [3.8, 4) is 0 Å². The predicted molar refractivity (Wildman–Crippen MR) is 93.9 cm³/mol. The standard InChI is InChI=1S/C18H23N5O/c1-14(15-6-4-3-5-7-15)20-18-19-9-8-16(21-18)17(24)23-12-10-22(2)11-13-23/h3-9,14H,10-13H2,1-2H3,(H,19,20,21). The van der Waals surface area contributed by atoms with Crippen LogP contribution < -0.4 is 5.32 Å². The molecule has 1 atom stereocenters. The highest BCUT2D eigenvalue weighted by Gasteiger charge is 2.21. The number of benzene rings is 1. The number of likely N-dealkylation sites (N-methyl/N-ethyl adjacent to an activating group) is 1. The summed E-state index contributed by atoms with van der Waals surface area (Å²) in [5, 5.41) is 3.26. The fraction of sp³-hybridized carbons (Fsp3) is 0.389. The van der Waals surface area contributed by atoms with Crippen molar-refractivity contribution in [3.63, 3.8) is 0 Å². The summed E-state index contributed by atoms with van der Waals surface area (Å²) in [5.74, 6) is 0.451. The Hall–Kier alpha value is -2.47. The topological polar surface area (TPSA) is 61.4 Å². The first-order valence-electron chi connectivity index (χ1n) is 8.26. The summed E-state index contributed by atoms with van der Waals surface area (Å²) < 4.78 is 0. The minimum absolute atomic E-state index is 0.0269. The Kier molecular flexibility index (Phi) is 5.05. The van der Waals surface area contributed by atoms with Crippen LogP contribution in [0.4, 0.5) is 5.95 Å². The average molecular weight is 325 g/mol. The lowest BCUT2D eigenvalue weighted by Crippen LogP contribution is -2.47. The molecule has 3 rings (SSSR count). The van der Waals surface area contributed by atoms with E-state index in [0.717, 1.165) is 31.7 Å². The molecule has 126 valence electrons. The monoisotopic (exact) mass is 325 g/mol. The SMILES string of the molecule is CC(Nc1nccc(C(=O)N2CCN(C)CC2)n1)c1ccccc1. The highest BCUT2D eigenvalue weighted by Crippen LogP contribution is 2.16. The summed E-state index contributed by atoms with van der Waals surface area (Å²) >= 11 is 0. The zero-order valence-corrected chi connectivity index (χ0v) is 14.1. The summed E-state index contributed by atoms with van der Waals surface area (Å²) in [7, 11) is 2.07. The first kappa shape index (κ1) is 16.4. The Balaban J connectivity index is 1.69. The van der Waals surface area contributed by atoms with Gasteiger partial charge in [0.1, 0.15) is 5.69 Å². The van der Waals surface area contributed by atoms with Gasteiger partial charge < -0.3 is 15.1 Å². The van der Waals surface area contributed by atoms with Gasteiger partial charge in [-0.2, -0.15) is 0 Å². The molecular weight excluding hydrogens is 302 g/mol. The van der Waals surface area contributed by atoms with Gasteiger partial charge in [-0.15, -0.1) is 0 Å². The Bertz CT molecular complexity index is 683. The molecule has 1 aromatic heterocycles. The molecule has 24 heavy (non-hydrogen) atoms. The van der Waals surface area contributed by atoms with Crippen LogP contribution in [-0.2, 0) is 0 Å². The molecule has 6 nitrogen and oxygen atoms in total. The molecule has 2 aromatic rings. The lowest BCUT2D eigenvalue weighted by Gasteiger charge is -2.32. The van der Waals surface area contributed by atoms with E-state index in [9.17, 15) is 4.79 Å². The number of aromatic nitrogens is 2. The van der Waals surface area contributed by atoms with Crippen molar-refractivity contribution in [3.05, 3.63) is 53.9 Å². The molecule has 1 aromatic carbocycles. The molecule has 0 aliphatic carbocycles. The second-order valence-corrected chi connectivity index (χ2v) is 6.14. The summed E-state index contributed by atoms with van der Waals surface area (Å²) in [6, 6.07) is 11.8. The van der Waals surface area contributed by atoms with E-state index < -0.39 is 0 Å². The maximum absolute atomic E-state index is 12.6. The normalized spacial score (nSPS) is 16.7. The van der Waals surface area contributed by atoms with Gasteiger partial charge in [-0.3, -0.25) is 4.79 Å². The Labute approximate surface area is 142 Å². The molecule has 0 spiro atoms. The number of piperazine rings is 1. The molecule has 1 N–H and O–H groups in total. The lowest BCUT2D eigenvalue weighted by atomic mass is 10.1. The number of hydrogen-bond donors (Lipinski definition) is 1. The highest BCUT2D eigenvalue weighted by atomic mass is 16.2. The van der Waals surface area contributed by atoms with Crippen LogP contribution in [0.2, 0.25) is 0 Å². The number of hydrogen-bond acceptors (Lipinski definition) is 5. The number of carbonyl (C=O) groups excluding carboxylic acids is 1. The van der Waals surface area contributed by atoms with Crippen molar-refractivity contribution in [2.24, 2.45) is 0 Å². The van der Waals surface area contributed by atoms with Crippen molar-refractivity contribution in [1.82, 2.24) is 19.8 Å². The van der Waals surface area contributed by atoms with Gasteiger partial charge in [0, 0.05) is 32.4 Å². The van der Waals surface area contributed by atoms with Gasteiger partial charge in [-0.1, -0.05) is 30.3 Å². The third kappa shape index (κ3) is 3.89. The number of amides is 1. The molecule has 6 heteroatoms. The van der Waals surface area contributed by atoms with Crippen LogP contribution in [0.15, 0.2) is 42.6 Å². The van der Waals surface area contributed by atoms with Gasteiger partial charge in [0.25, 0.3) is 5.91 Å². The third-order valence-electron chi connectivity index (χ3n) is 4.31. The van der Waals surface area contributed by atoms with Crippen LogP contribution in [0, 0.1) is 0 Å². The van der Waals surface area contributed by atoms with E-state index in [4.69, 9.17) is 0 Å². The van der Waals surface area contributed by atoms with Crippen LogP contribution in [0.25, 0.3) is 0 Å². The van der Waals surface area contributed by atoms with Gasteiger partial charge in [0.05, 0.1) is 6.04 Å². The number of rotatable bonds is 4. The Morgan fingerprint density at radius 2 is 1.83 bits per heavy atom. The van der Waals surface area contributed by atoms with E-state index in [1.54, 1.807) is 12.3 Å². The largest absolute Gasteiger partial charge is 0.348 e. The van der Waals surface area contributed by atoms with Gasteiger partial charge in [-0.25, -0.2) is 9.97 Å². The van der Waals surface area contributed by atoms with Gasteiger partial charge >= 0.3 is 0 Å². The molecule has 2 heterocycles. The molecule has 0 radical (unpaired) electrons. The molecule has 0 bridgehead atoms. The van der Waals surface area contributed by atoms with Crippen molar-refractivity contribution >= 4 is 11.9 Å². The van der Waals surface area contributed by atoms with E-state index in [1.807, 2.05) is 30.0 Å². The zero-order valence-electron chi connectivity index (χ0n) is 14.1. The van der Waals surface area contributed by atoms with Crippen molar-refractivity contribution in [1.29, 1.82) is 0 Å². The second kappa shape index (κ2) is 7.40. The first-order chi connectivity index (χ1) is 11.6. The molecule has 1 unspecified atom stereocenters. The lowest BCUT2D eigenvalue weighted by molar-refractivity contribution is 0.0658. The highest BCUT2D eigenvalue weighted by molar-refractivity contribution is 5.92. The van der Waals surface area contributed by atoms with Crippen LogP contribution in [-0.4, -0.2) is 58.9 Å². The van der Waals surface area contributed by atoms with Gasteiger partial charge in [0.2, 0.25) is 5.95 Å². The molecule has 1 aliphatic rings. The average Bonchev–Trinajstić information content (AvgIpc) is 2.63. The smallest absolute Gasteiger partial charge is 0.272 e.